The van der Waals surface area contributed by atoms with Crippen molar-refractivity contribution < 1.29 is 9.59 Å². The first-order chi connectivity index (χ1) is 13.2. The number of para-hydroxylation sites is 2. The molecule has 1 aliphatic carbocycles. The van der Waals surface area contributed by atoms with Crippen molar-refractivity contribution in [3.8, 4) is 0 Å². The van der Waals surface area contributed by atoms with Crippen LogP contribution in [0.1, 0.15) is 36.5 Å². The Hall–Kier alpha value is -3.15. The van der Waals surface area contributed by atoms with Gasteiger partial charge >= 0.3 is 0 Å². The molecular weight excluding hydrogens is 340 g/mol. The molecule has 0 spiro atoms. The van der Waals surface area contributed by atoms with E-state index in [9.17, 15) is 9.59 Å². The van der Waals surface area contributed by atoms with Gasteiger partial charge in [0.05, 0.1) is 11.0 Å². The smallest absolute Gasteiger partial charge is 0.258 e. The predicted octanol–water partition coefficient (Wildman–Crippen LogP) is 4.05. The van der Waals surface area contributed by atoms with Gasteiger partial charge in [-0.3, -0.25) is 14.9 Å². The zero-order valence-corrected chi connectivity index (χ0v) is 15.2. The van der Waals surface area contributed by atoms with Gasteiger partial charge in [-0.15, -0.1) is 0 Å². The summed E-state index contributed by atoms with van der Waals surface area (Å²) >= 11 is 0. The summed E-state index contributed by atoms with van der Waals surface area (Å²) in [5.74, 6) is 0.439. The molecule has 3 aromatic rings. The van der Waals surface area contributed by atoms with Gasteiger partial charge in [-0.1, -0.05) is 25.1 Å². The van der Waals surface area contributed by atoms with Crippen molar-refractivity contribution in [3.05, 3.63) is 54.1 Å². The van der Waals surface area contributed by atoms with Crippen LogP contribution >= 0.6 is 0 Å². The van der Waals surface area contributed by atoms with Crippen LogP contribution in [0.25, 0.3) is 11.0 Å². The lowest BCUT2D eigenvalue weighted by atomic mass is 10.2. The van der Waals surface area contributed by atoms with E-state index >= 15 is 0 Å². The fourth-order valence-electron chi connectivity index (χ4n) is 3.12. The van der Waals surface area contributed by atoms with Crippen molar-refractivity contribution in [1.29, 1.82) is 0 Å². The SMILES string of the molecule is CCCn1c(NC(=O)c2cccc(NC(=O)C3CC3)c2)nc2ccccc21. The number of aryl methyl sites for hydroxylation is 1. The summed E-state index contributed by atoms with van der Waals surface area (Å²) in [7, 11) is 0. The van der Waals surface area contributed by atoms with E-state index in [0.717, 1.165) is 36.8 Å². The van der Waals surface area contributed by atoms with E-state index in [0.29, 0.717) is 17.2 Å². The molecule has 6 heteroatoms. The lowest BCUT2D eigenvalue weighted by Gasteiger charge is -2.10. The van der Waals surface area contributed by atoms with E-state index in [1.54, 1.807) is 24.3 Å². The number of rotatable bonds is 6. The lowest BCUT2D eigenvalue weighted by molar-refractivity contribution is -0.117. The highest BCUT2D eigenvalue weighted by molar-refractivity contribution is 6.05. The first-order valence-electron chi connectivity index (χ1n) is 9.33. The second-order valence-electron chi connectivity index (χ2n) is 6.87. The highest BCUT2D eigenvalue weighted by atomic mass is 16.2. The molecule has 0 radical (unpaired) electrons. The summed E-state index contributed by atoms with van der Waals surface area (Å²) in [6.07, 6.45) is 2.82. The molecule has 0 bridgehead atoms. The van der Waals surface area contributed by atoms with Gasteiger partial charge in [0.25, 0.3) is 5.91 Å². The highest BCUT2D eigenvalue weighted by Gasteiger charge is 2.29. The van der Waals surface area contributed by atoms with Gasteiger partial charge in [-0.2, -0.15) is 0 Å². The van der Waals surface area contributed by atoms with E-state index in [4.69, 9.17) is 0 Å². The summed E-state index contributed by atoms with van der Waals surface area (Å²) < 4.78 is 2.02. The third-order valence-corrected chi connectivity index (χ3v) is 4.67. The van der Waals surface area contributed by atoms with Crippen molar-refractivity contribution >= 4 is 34.5 Å². The number of amides is 2. The van der Waals surface area contributed by atoms with Crippen LogP contribution in [0.15, 0.2) is 48.5 Å². The van der Waals surface area contributed by atoms with Crippen LogP contribution in [0.3, 0.4) is 0 Å². The second-order valence-corrected chi connectivity index (χ2v) is 6.87. The van der Waals surface area contributed by atoms with E-state index in [1.807, 2.05) is 28.8 Å². The summed E-state index contributed by atoms with van der Waals surface area (Å²) in [6.45, 7) is 2.86. The van der Waals surface area contributed by atoms with E-state index in [1.165, 1.54) is 0 Å². The Morgan fingerprint density at radius 2 is 1.93 bits per heavy atom. The molecule has 1 aromatic heterocycles. The van der Waals surface area contributed by atoms with Gasteiger partial charge in [-0.25, -0.2) is 4.98 Å². The number of anilines is 2. The van der Waals surface area contributed by atoms with Crippen LogP contribution in [-0.2, 0) is 11.3 Å². The molecule has 1 fully saturated rings. The number of nitrogens with zero attached hydrogens (tertiary/aromatic N) is 2. The van der Waals surface area contributed by atoms with Crippen molar-refractivity contribution in [1.82, 2.24) is 9.55 Å². The number of fused-ring (bicyclic) bond motifs is 1. The minimum absolute atomic E-state index is 0.0253. The lowest BCUT2D eigenvalue weighted by Crippen LogP contribution is -2.17. The Balaban J connectivity index is 1.56. The number of carbonyl (C=O) groups excluding carboxylic acids is 2. The molecule has 1 saturated carbocycles. The highest BCUT2D eigenvalue weighted by Crippen LogP contribution is 2.30. The van der Waals surface area contributed by atoms with Crippen LogP contribution in [0.4, 0.5) is 11.6 Å². The number of hydrogen-bond acceptors (Lipinski definition) is 3. The first-order valence-corrected chi connectivity index (χ1v) is 9.33. The molecule has 1 heterocycles. The average Bonchev–Trinajstić information content (AvgIpc) is 3.47. The molecule has 1 aliphatic rings. The minimum Gasteiger partial charge on any atom is -0.326 e. The Morgan fingerprint density at radius 3 is 2.70 bits per heavy atom. The Morgan fingerprint density at radius 1 is 1.11 bits per heavy atom. The van der Waals surface area contributed by atoms with E-state index in [2.05, 4.69) is 22.5 Å². The maximum absolute atomic E-state index is 12.8. The molecule has 0 saturated heterocycles. The van der Waals surface area contributed by atoms with Gasteiger partial charge in [0, 0.05) is 23.7 Å². The molecule has 6 nitrogen and oxygen atoms in total. The molecule has 0 atom stereocenters. The Labute approximate surface area is 157 Å². The van der Waals surface area contributed by atoms with Crippen molar-refractivity contribution in [2.75, 3.05) is 10.6 Å². The molecule has 0 aliphatic heterocycles. The summed E-state index contributed by atoms with van der Waals surface area (Å²) in [4.78, 5) is 29.3. The minimum atomic E-state index is -0.245. The average molecular weight is 362 g/mol. The maximum atomic E-state index is 12.8. The number of aromatic nitrogens is 2. The zero-order valence-electron chi connectivity index (χ0n) is 15.2. The maximum Gasteiger partial charge on any atom is 0.258 e. The molecule has 4 rings (SSSR count). The molecule has 138 valence electrons. The van der Waals surface area contributed by atoms with Crippen LogP contribution in [0.2, 0.25) is 0 Å². The number of carbonyl (C=O) groups is 2. The van der Waals surface area contributed by atoms with Crippen LogP contribution < -0.4 is 10.6 Å². The van der Waals surface area contributed by atoms with Crippen LogP contribution in [0.5, 0.6) is 0 Å². The normalized spacial score (nSPS) is 13.5. The first kappa shape index (κ1) is 17.3. The van der Waals surface area contributed by atoms with Crippen molar-refractivity contribution in [2.24, 2.45) is 5.92 Å². The Kier molecular flexibility index (Phi) is 4.62. The third-order valence-electron chi connectivity index (χ3n) is 4.67. The zero-order chi connectivity index (χ0) is 18.8. The molecule has 2 aromatic carbocycles. The third kappa shape index (κ3) is 3.69. The van der Waals surface area contributed by atoms with Gasteiger partial charge in [-0.05, 0) is 49.6 Å². The van der Waals surface area contributed by atoms with Gasteiger partial charge in [0.2, 0.25) is 11.9 Å². The molecule has 2 N–H and O–H groups in total. The number of imidazole rings is 1. The van der Waals surface area contributed by atoms with E-state index in [-0.39, 0.29) is 17.7 Å². The quantitative estimate of drug-likeness (QED) is 0.695. The summed E-state index contributed by atoms with van der Waals surface area (Å²) in [6, 6.07) is 14.8. The van der Waals surface area contributed by atoms with Crippen molar-refractivity contribution in [2.45, 2.75) is 32.7 Å². The number of benzene rings is 2. The monoisotopic (exact) mass is 362 g/mol. The molecule has 27 heavy (non-hydrogen) atoms. The van der Waals surface area contributed by atoms with Crippen LogP contribution in [-0.4, -0.2) is 21.4 Å². The van der Waals surface area contributed by atoms with E-state index < -0.39 is 0 Å². The fourth-order valence-corrected chi connectivity index (χ4v) is 3.12. The summed E-state index contributed by atoms with van der Waals surface area (Å²) in [5, 5.41) is 5.79. The Bertz CT molecular complexity index is 1000. The molecule has 0 unspecified atom stereocenters. The standard InChI is InChI=1S/C21H22N4O2/c1-2-12-25-18-9-4-3-8-17(18)23-21(25)24-20(27)15-6-5-7-16(13-15)22-19(26)14-10-11-14/h3-9,13-14H,2,10-12H2,1H3,(H,22,26)(H,23,24,27). The summed E-state index contributed by atoms with van der Waals surface area (Å²) in [5.41, 5.74) is 2.98. The topological polar surface area (TPSA) is 76.0 Å². The number of hydrogen-bond donors (Lipinski definition) is 2. The predicted molar refractivity (Wildman–Crippen MR) is 106 cm³/mol. The molecular formula is C21H22N4O2. The van der Waals surface area contributed by atoms with Gasteiger partial charge in [0.1, 0.15) is 0 Å². The molecule has 2 amide bonds. The van der Waals surface area contributed by atoms with Crippen LogP contribution in [0, 0.1) is 5.92 Å². The number of nitrogens with one attached hydrogen (secondary N) is 2. The van der Waals surface area contributed by atoms with Crippen molar-refractivity contribution in [3.63, 3.8) is 0 Å². The van der Waals surface area contributed by atoms with Gasteiger partial charge < -0.3 is 9.88 Å². The fraction of sp³-hybridized carbons (Fsp3) is 0.286. The van der Waals surface area contributed by atoms with Gasteiger partial charge in [0.15, 0.2) is 0 Å². The largest absolute Gasteiger partial charge is 0.326 e. The second kappa shape index (κ2) is 7.23.